The minimum Gasteiger partial charge on any atom is -0.334 e. The van der Waals surface area contributed by atoms with Crippen molar-refractivity contribution in [3.63, 3.8) is 0 Å². The molecule has 1 N–H and O–H groups in total. The summed E-state index contributed by atoms with van der Waals surface area (Å²) < 4.78 is 0. The maximum Gasteiger partial charge on any atom is 0.254 e. The van der Waals surface area contributed by atoms with Crippen molar-refractivity contribution in [3.8, 4) is 0 Å². The van der Waals surface area contributed by atoms with E-state index in [0.717, 1.165) is 37.4 Å². The smallest absolute Gasteiger partial charge is 0.254 e. The van der Waals surface area contributed by atoms with E-state index in [-0.39, 0.29) is 5.91 Å². The third-order valence-electron chi connectivity index (χ3n) is 4.31. The number of amides is 1. The third-order valence-corrected chi connectivity index (χ3v) is 4.31. The van der Waals surface area contributed by atoms with Gasteiger partial charge in [0.25, 0.3) is 5.91 Å². The van der Waals surface area contributed by atoms with E-state index in [0.29, 0.717) is 6.04 Å². The van der Waals surface area contributed by atoms with Gasteiger partial charge in [0.15, 0.2) is 0 Å². The molecule has 1 amide bonds. The van der Waals surface area contributed by atoms with Crippen LogP contribution in [0.15, 0.2) is 30.3 Å². The van der Waals surface area contributed by atoms with E-state index in [2.05, 4.69) is 17.1 Å². The van der Waals surface area contributed by atoms with E-state index in [4.69, 9.17) is 0 Å². The van der Waals surface area contributed by atoms with Crippen molar-refractivity contribution in [1.82, 2.24) is 10.2 Å². The molecule has 0 unspecified atom stereocenters. The highest BCUT2D eigenvalue weighted by atomic mass is 16.2. The summed E-state index contributed by atoms with van der Waals surface area (Å²) in [6.45, 7) is 3.96. The molecule has 20 heavy (non-hydrogen) atoms. The summed E-state index contributed by atoms with van der Waals surface area (Å²) >= 11 is 0. The maximum atomic E-state index is 12.7. The summed E-state index contributed by atoms with van der Waals surface area (Å²) in [6, 6.07) is 10.1. The molecule has 2 rings (SSSR count). The molecule has 0 saturated heterocycles. The standard InChI is InChI=1S/C17H26N2O/c1-14-8-10-16(11-9-14)19(13-12-18-2)17(20)15-6-4-3-5-7-15/h3-7,14,16,18H,8-13H2,1-2H3/t14-,16-. The van der Waals surface area contributed by atoms with Crippen molar-refractivity contribution in [2.24, 2.45) is 5.92 Å². The van der Waals surface area contributed by atoms with Crippen molar-refractivity contribution in [1.29, 1.82) is 0 Å². The predicted octanol–water partition coefficient (Wildman–Crippen LogP) is 2.93. The minimum absolute atomic E-state index is 0.181. The van der Waals surface area contributed by atoms with Crippen molar-refractivity contribution >= 4 is 5.91 Å². The summed E-state index contributed by atoms with van der Waals surface area (Å²) in [5.41, 5.74) is 0.808. The molecule has 0 heterocycles. The molecule has 0 aromatic heterocycles. The zero-order chi connectivity index (χ0) is 14.4. The maximum absolute atomic E-state index is 12.7. The lowest BCUT2D eigenvalue weighted by molar-refractivity contribution is 0.0618. The van der Waals surface area contributed by atoms with Crippen LogP contribution in [0.25, 0.3) is 0 Å². The normalized spacial score (nSPS) is 22.5. The number of hydrogen-bond acceptors (Lipinski definition) is 2. The fourth-order valence-electron chi connectivity index (χ4n) is 2.98. The van der Waals surface area contributed by atoms with Gasteiger partial charge in [0.2, 0.25) is 0 Å². The summed E-state index contributed by atoms with van der Waals surface area (Å²) in [7, 11) is 1.94. The second-order valence-corrected chi connectivity index (χ2v) is 5.88. The van der Waals surface area contributed by atoms with E-state index in [1.54, 1.807) is 0 Å². The van der Waals surface area contributed by atoms with Gasteiger partial charge in [0, 0.05) is 24.7 Å². The SMILES string of the molecule is CNCCN(C(=O)c1ccccc1)[C@H]1CC[C@H](C)CC1. The minimum atomic E-state index is 0.181. The first-order valence-electron chi connectivity index (χ1n) is 7.73. The topological polar surface area (TPSA) is 32.3 Å². The van der Waals surface area contributed by atoms with Gasteiger partial charge in [-0.2, -0.15) is 0 Å². The second-order valence-electron chi connectivity index (χ2n) is 5.88. The first-order valence-corrected chi connectivity index (χ1v) is 7.73. The Morgan fingerprint density at radius 1 is 1.20 bits per heavy atom. The summed E-state index contributed by atoms with van der Waals surface area (Å²) in [5.74, 6) is 0.990. The van der Waals surface area contributed by atoms with Crippen LogP contribution in [-0.4, -0.2) is 37.0 Å². The van der Waals surface area contributed by atoms with Crippen LogP contribution in [0.1, 0.15) is 43.0 Å². The molecular weight excluding hydrogens is 248 g/mol. The fourth-order valence-corrected chi connectivity index (χ4v) is 2.98. The molecule has 1 aromatic carbocycles. The zero-order valence-corrected chi connectivity index (χ0v) is 12.6. The van der Waals surface area contributed by atoms with Gasteiger partial charge < -0.3 is 10.2 Å². The van der Waals surface area contributed by atoms with Crippen molar-refractivity contribution < 1.29 is 4.79 Å². The van der Waals surface area contributed by atoms with Gasteiger partial charge in [-0.25, -0.2) is 0 Å². The Hall–Kier alpha value is -1.35. The lowest BCUT2D eigenvalue weighted by Gasteiger charge is -2.36. The third kappa shape index (κ3) is 3.83. The van der Waals surface area contributed by atoms with Crippen LogP contribution in [0, 0.1) is 5.92 Å². The summed E-state index contributed by atoms with van der Waals surface area (Å²) in [4.78, 5) is 14.8. The van der Waals surface area contributed by atoms with Crippen molar-refractivity contribution in [2.75, 3.05) is 20.1 Å². The fraction of sp³-hybridized carbons (Fsp3) is 0.588. The Morgan fingerprint density at radius 2 is 1.85 bits per heavy atom. The highest BCUT2D eigenvalue weighted by molar-refractivity contribution is 5.94. The molecule has 0 radical (unpaired) electrons. The number of nitrogens with one attached hydrogen (secondary N) is 1. The number of nitrogens with zero attached hydrogens (tertiary/aromatic N) is 1. The van der Waals surface area contributed by atoms with Gasteiger partial charge in [-0.15, -0.1) is 0 Å². The highest BCUT2D eigenvalue weighted by Crippen LogP contribution is 2.27. The number of likely N-dealkylation sites (N-methyl/N-ethyl adjacent to an activating group) is 1. The van der Waals surface area contributed by atoms with Crippen LogP contribution in [0.5, 0.6) is 0 Å². The van der Waals surface area contributed by atoms with Crippen molar-refractivity contribution in [2.45, 2.75) is 38.6 Å². The molecule has 1 saturated carbocycles. The van der Waals surface area contributed by atoms with Gasteiger partial charge in [0.1, 0.15) is 0 Å². The van der Waals surface area contributed by atoms with Crippen LogP contribution in [0.3, 0.4) is 0 Å². The Morgan fingerprint density at radius 3 is 2.45 bits per heavy atom. The van der Waals surface area contributed by atoms with Crippen LogP contribution in [0.2, 0.25) is 0 Å². The number of carbonyl (C=O) groups is 1. The average Bonchev–Trinajstić information content (AvgIpc) is 2.50. The van der Waals surface area contributed by atoms with E-state index in [1.165, 1.54) is 12.8 Å². The molecule has 3 nitrogen and oxygen atoms in total. The van der Waals surface area contributed by atoms with Crippen molar-refractivity contribution in [3.05, 3.63) is 35.9 Å². The molecular formula is C17H26N2O. The Bertz CT molecular complexity index is 410. The van der Waals surface area contributed by atoms with Crippen LogP contribution in [-0.2, 0) is 0 Å². The largest absolute Gasteiger partial charge is 0.334 e. The second kappa shape index (κ2) is 7.44. The van der Waals surface area contributed by atoms with Crippen LogP contribution >= 0.6 is 0 Å². The molecule has 0 spiro atoms. The van der Waals surface area contributed by atoms with Gasteiger partial charge in [-0.3, -0.25) is 4.79 Å². The molecule has 1 aromatic rings. The Kier molecular flexibility index (Phi) is 5.60. The predicted molar refractivity (Wildman–Crippen MR) is 82.8 cm³/mol. The molecule has 0 atom stereocenters. The Labute approximate surface area is 122 Å². The molecule has 1 aliphatic rings. The summed E-state index contributed by atoms with van der Waals surface area (Å²) in [5, 5.41) is 3.16. The van der Waals surface area contributed by atoms with Crippen LogP contribution in [0.4, 0.5) is 0 Å². The molecule has 1 aliphatic carbocycles. The Balaban J connectivity index is 2.08. The van der Waals surface area contributed by atoms with Gasteiger partial charge >= 0.3 is 0 Å². The lowest BCUT2D eigenvalue weighted by atomic mass is 9.86. The quantitative estimate of drug-likeness (QED) is 0.895. The van der Waals surface area contributed by atoms with Crippen LogP contribution < -0.4 is 5.32 Å². The van der Waals surface area contributed by atoms with E-state index in [1.807, 2.05) is 37.4 Å². The molecule has 1 fully saturated rings. The highest BCUT2D eigenvalue weighted by Gasteiger charge is 2.27. The lowest BCUT2D eigenvalue weighted by Crippen LogP contribution is -2.45. The van der Waals surface area contributed by atoms with Gasteiger partial charge in [-0.1, -0.05) is 25.1 Å². The number of rotatable bonds is 5. The first kappa shape index (κ1) is 15.0. The van der Waals surface area contributed by atoms with E-state index < -0.39 is 0 Å². The molecule has 0 aliphatic heterocycles. The molecule has 110 valence electrons. The number of hydrogen-bond donors (Lipinski definition) is 1. The van der Waals surface area contributed by atoms with Gasteiger partial charge in [0.05, 0.1) is 0 Å². The molecule has 3 heteroatoms. The van der Waals surface area contributed by atoms with E-state index >= 15 is 0 Å². The zero-order valence-electron chi connectivity index (χ0n) is 12.6. The summed E-state index contributed by atoms with van der Waals surface area (Å²) in [6.07, 6.45) is 4.76. The number of carbonyl (C=O) groups excluding carboxylic acids is 1. The van der Waals surface area contributed by atoms with E-state index in [9.17, 15) is 4.79 Å². The molecule has 0 bridgehead atoms. The van der Waals surface area contributed by atoms with Gasteiger partial charge in [-0.05, 0) is 50.8 Å². The number of benzene rings is 1. The first-order chi connectivity index (χ1) is 9.72. The monoisotopic (exact) mass is 274 g/mol. The average molecular weight is 274 g/mol.